The van der Waals surface area contributed by atoms with Crippen LogP contribution in [-0.2, 0) is 26.5 Å². The molecule has 0 radical (unpaired) electrons. The van der Waals surface area contributed by atoms with E-state index in [9.17, 15) is 16.8 Å². The second kappa shape index (κ2) is 6.66. The van der Waals surface area contributed by atoms with Gasteiger partial charge in [0.2, 0.25) is 20.0 Å². The normalized spacial score (nSPS) is 18.5. The van der Waals surface area contributed by atoms with Crippen molar-refractivity contribution in [2.24, 2.45) is 0 Å². The summed E-state index contributed by atoms with van der Waals surface area (Å²) in [6.07, 6.45) is 0.855. The van der Waals surface area contributed by atoms with E-state index in [0.29, 0.717) is 0 Å². The zero-order chi connectivity index (χ0) is 16.4. The fraction of sp³-hybridized carbons (Fsp3) is 0.571. The summed E-state index contributed by atoms with van der Waals surface area (Å²) < 4.78 is 51.5. The molecule has 124 valence electrons. The Bertz CT molecular complexity index is 704. The van der Waals surface area contributed by atoms with Crippen LogP contribution in [0.15, 0.2) is 29.2 Å². The predicted octanol–water partition coefficient (Wildman–Crippen LogP) is 0.905. The van der Waals surface area contributed by atoms with Crippen molar-refractivity contribution in [2.45, 2.75) is 25.2 Å². The van der Waals surface area contributed by atoms with Gasteiger partial charge in [0.1, 0.15) is 0 Å². The third-order valence-corrected chi connectivity index (χ3v) is 7.72. The van der Waals surface area contributed by atoms with Crippen molar-refractivity contribution in [2.75, 3.05) is 31.9 Å². The molecule has 1 heterocycles. The zero-order valence-corrected chi connectivity index (χ0v) is 14.5. The molecule has 0 aliphatic carbocycles. The van der Waals surface area contributed by atoms with Gasteiger partial charge >= 0.3 is 0 Å². The van der Waals surface area contributed by atoms with E-state index >= 15 is 0 Å². The molecule has 0 atom stereocenters. The van der Waals surface area contributed by atoms with Crippen LogP contribution < -0.4 is 0 Å². The molecule has 0 bridgehead atoms. The lowest BCUT2D eigenvalue weighted by molar-refractivity contribution is 0.273. The molecule has 1 fully saturated rings. The molecule has 1 aliphatic heterocycles. The quantitative estimate of drug-likeness (QED) is 0.794. The molecule has 22 heavy (non-hydrogen) atoms. The lowest BCUT2D eigenvalue weighted by Gasteiger charge is -2.33. The summed E-state index contributed by atoms with van der Waals surface area (Å²) in [6.45, 7) is 4.41. The molecule has 1 aromatic rings. The monoisotopic (exact) mass is 346 g/mol. The zero-order valence-electron chi connectivity index (χ0n) is 12.9. The number of aryl methyl sites for hydroxylation is 1. The Morgan fingerprint density at radius 1 is 0.864 bits per heavy atom. The second-order valence-electron chi connectivity index (χ2n) is 5.20. The maximum absolute atomic E-state index is 12.6. The van der Waals surface area contributed by atoms with Gasteiger partial charge in [0, 0.05) is 26.2 Å². The van der Waals surface area contributed by atoms with Crippen molar-refractivity contribution in [3.8, 4) is 0 Å². The van der Waals surface area contributed by atoms with Crippen LogP contribution in [0.5, 0.6) is 0 Å². The number of sulfonamides is 2. The van der Waals surface area contributed by atoms with Crippen molar-refractivity contribution in [3.05, 3.63) is 29.8 Å². The smallest absolute Gasteiger partial charge is 0.212 e. The number of nitrogens with zero attached hydrogens (tertiary/aromatic N) is 2. The van der Waals surface area contributed by atoms with Crippen molar-refractivity contribution in [1.82, 2.24) is 8.61 Å². The molecular weight excluding hydrogens is 324 g/mol. The van der Waals surface area contributed by atoms with Crippen molar-refractivity contribution in [3.63, 3.8) is 0 Å². The first-order valence-electron chi connectivity index (χ1n) is 7.38. The van der Waals surface area contributed by atoms with Gasteiger partial charge < -0.3 is 0 Å². The molecule has 2 rings (SSSR count). The van der Waals surface area contributed by atoms with Crippen LogP contribution in [0.1, 0.15) is 19.4 Å². The van der Waals surface area contributed by atoms with E-state index in [0.717, 1.165) is 12.0 Å². The highest BCUT2D eigenvalue weighted by atomic mass is 32.2. The molecule has 1 aliphatic rings. The van der Waals surface area contributed by atoms with Crippen LogP contribution >= 0.6 is 0 Å². The molecule has 1 saturated heterocycles. The average Bonchev–Trinajstić information content (AvgIpc) is 2.55. The van der Waals surface area contributed by atoms with Gasteiger partial charge in [-0.05, 0) is 31.0 Å². The van der Waals surface area contributed by atoms with Crippen LogP contribution in [0.4, 0.5) is 0 Å². The number of hydrogen-bond donors (Lipinski definition) is 0. The molecule has 8 heteroatoms. The first-order chi connectivity index (χ1) is 10.3. The standard InChI is InChI=1S/C14H22N2O4S2/c1-3-13-5-7-14(8-6-13)22(19,20)16-11-9-15(10-12-16)21(17,18)4-2/h5-8H,3-4,9-12H2,1-2H3. The lowest BCUT2D eigenvalue weighted by atomic mass is 10.2. The summed E-state index contributed by atoms with van der Waals surface area (Å²) in [6, 6.07) is 6.85. The van der Waals surface area contributed by atoms with Gasteiger partial charge in [-0.15, -0.1) is 0 Å². The van der Waals surface area contributed by atoms with Crippen LogP contribution in [0, 0.1) is 0 Å². The highest BCUT2D eigenvalue weighted by molar-refractivity contribution is 7.89. The van der Waals surface area contributed by atoms with Gasteiger partial charge in [-0.25, -0.2) is 16.8 Å². The minimum Gasteiger partial charge on any atom is -0.212 e. The highest BCUT2D eigenvalue weighted by Crippen LogP contribution is 2.19. The summed E-state index contributed by atoms with van der Waals surface area (Å²) >= 11 is 0. The molecule has 1 aromatic carbocycles. The average molecular weight is 346 g/mol. The Hall–Kier alpha value is -0.960. The van der Waals surface area contributed by atoms with E-state index in [-0.39, 0.29) is 36.8 Å². The van der Waals surface area contributed by atoms with Gasteiger partial charge in [-0.3, -0.25) is 0 Å². The van der Waals surface area contributed by atoms with Gasteiger partial charge in [0.25, 0.3) is 0 Å². The van der Waals surface area contributed by atoms with E-state index in [1.165, 1.54) is 8.61 Å². The molecule has 0 N–H and O–H groups in total. The summed E-state index contributed by atoms with van der Waals surface area (Å²) in [5.74, 6) is 0.0399. The second-order valence-corrected chi connectivity index (χ2v) is 9.40. The van der Waals surface area contributed by atoms with Crippen LogP contribution in [-0.4, -0.2) is 57.4 Å². The molecule has 0 spiro atoms. The first-order valence-corrected chi connectivity index (χ1v) is 10.4. The Labute approximate surface area is 132 Å². The third kappa shape index (κ3) is 3.51. The molecule has 0 unspecified atom stereocenters. The number of benzene rings is 1. The molecule has 0 amide bonds. The highest BCUT2D eigenvalue weighted by Gasteiger charge is 2.32. The van der Waals surface area contributed by atoms with Gasteiger partial charge in [-0.2, -0.15) is 8.61 Å². The van der Waals surface area contributed by atoms with E-state index in [1.54, 1.807) is 19.1 Å². The Kier molecular flexibility index (Phi) is 5.26. The summed E-state index contributed by atoms with van der Waals surface area (Å²) in [5.41, 5.74) is 1.08. The van der Waals surface area contributed by atoms with Crippen molar-refractivity contribution >= 4 is 20.0 Å². The number of rotatable bonds is 5. The maximum atomic E-state index is 12.6. The number of piperazine rings is 1. The third-order valence-electron chi connectivity index (χ3n) is 3.93. The number of hydrogen-bond acceptors (Lipinski definition) is 4. The molecule has 0 aromatic heterocycles. The summed E-state index contributed by atoms with van der Waals surface area (Å²) in [7, 11) is -6.80. The Morgan fingerprint density at radius 2 is 1.36 bits per heavy atom. The van der Waals surface area contributed by atoms with Crippen LogP contribution in [0.25, 0.3) is 0 Å². The lowest BCUT2D eigenvalue weighted by Crippen LogP contribution is -2.50. The van der Waals surface area contributed by atoms with E-state index in [4.69, 9.17) is 0 Å². The largest absolute Gasteiger partial charge is 0.243 e. The van der Waals surface area contributed by atoms with Crippen molar-refractivity contribution in [1.29, 1.82) is 0 Å². The van der Waals surface area contributed by atoms with Crippen LogP contribution in [0.3, 0.4) is 0 Å². The summed E-state index contributed by atoms with van der Waals surface area (Å²) in [5, 5.41) is 0. The van der Waals surface area contributed by atoms with Gasteiger partial charge in [-0.1, -0.05) is 19.1 Å². The van der Waals surface area contributed by atoms with E-state index in [2.05, 4.69) is 0 Å². The fourth-order valence-corrected chi connectivity index (χ4v) is 4.92. The minimum absolute atomic E-state index is 0.0399. The van der Waals surface area contributed by atoms with Crippen molar-refractivity contribution < 1.29 is 16.8 Å². The van der Waals surface area contributed by atoms with Gasteiger partial charge in [0.05, 0.1) is 10.6 Å². The minimum atomic E-state index is -3.55. The van der Waals surface area contributed by atoms with Crippen LogP contribution in [0.2, 0.25) is 0 Å². The Balaban J connectivity index is 2.12. The fourth-order valence-electron chi connectivity index (χ4n) is 2.42. The SMILES string of the molecule is CCc1ccc(S(=O)(=O)N2CCN(S(=O)(=O)CC)CC2)cc1. The topological polar surface area (TPSA) is 74.8 Å². The first kappa shape index (κ1) is 17.4. The predicted molar refractivity (Wildman–Crippen MR) is 85.6 cm³/mol. The van der Waals surface area contributed by atoms with E-state index < -0.39 is 20.0 Å². The van der Waals surface area contributed by atoms with E-state index in [1.807, 2.05) is 19.1 Å². The van der Waals surface area contributed by atoms with Gasteiger partial charge in [0.15, 0.2) is 0 Å². The molecule has 6 nitrogen and oxygen atoms in total. The maximum Gasteiger partial charge on any atom is 0.243 e. The summed E-state index contributed by atoms with van der Waals surface area (Å²) in [4.78, 5) is 0.261. The molecule has 0 saturated carbocycles. The Morgan fingerprint density at radius 3 is 1.82 bits per heavy atom. The molecular formula is C14H22N2O4S2.